The molecule has 7 nitrogen and oxygen atoms in total. The molecule has 2 saturated heterocycles. The Bertz CT molecular complexity index is 1160. The normalized spacial score (nSPS) is 31.1. The van der Waals surface area contributed by atoms with Gasteiger partial charge in [-0.05, 0) is 62.8 Å². The van der Waals surface area contributed by atoms with E-state index < -0.39 is 11.7 Å². The number of rotatable bonds is 3. The maximum atomic E-state index is 15.4. The second kappa shape index (κ2) is 7.48. The van der Waals surface area contributed by atoms with Crippen molar-refractivity contribution >= 4 is 6.08 Å². The van der Waals surface area contributed by atoms with E-state index in [1.54, 1.807) is 47.7 Å². The van der Waals surface area contributed by atoms with Crippen LogP contribution in [0.15, 0.2) is 48.7 Å². The van der Waals surface area contributed by atoms with Crippen molar-refractivity contribution in [2.24, 2.45) is 5.92 Å². The lowest BCUT2D eigenvalue weighted by Crippen LogP contribution is -2.68. The van der Waals surface area contributed by atoms with Crippen LogP contribution >= 0.6 is 0 Å². The Hall–Kier alpha value is -3.13. The minimum absolute atomic E-state index is 0.0501. The molecule has 2 N–H and O–H groups in total. The fraction of sp³-hybridized carbons (Fsp3) is 0.417. The number of piperidine rings is 2. The molecule has 2 aliphatic heterocycles. The number of hydrogen-bond donors (Lipinski definition) is 2. The third-order valence-electron chi connectivity index (χ3n) is 6.58. The number of imidazole rings is 1. The Morgan fingerprint density at radius 1 is 1.25 bits per heavy atom. The third kappa shape index (κ3) is 3.68. The summed E-state index contributed by atoms with van der Waals surface area (Å²) in [7, 11) is 0. The molecule has 0 unspecified atom stereocenters. The van der Waals surface area contributed by atoms with Gasteiger partial charge in [-0.1, -0.05) is 6.92 Å². The van der Waals surface area contributed by atoms with Crippen molar-refractivity contribution in [3.63, 3.8) is 0 Å². The van der Waals surface area contributed by atoms with E-state index in [9.17, 15) is 5.11 Å². The zero-order valence-corrected chi connectivity index (χ0v) is 18.5. The highest BCUT2D eigenvalue weighted by Crippen LogP contribution is 2.46. The van der Waals surface area contributed by atoms with Crippen molar-refractivity contribution in [1.29, 1.82) is 0 Å². The number of alkyl halides is 1. The van der Waals surface area contributed by atoms with Crippen molar-refractivity contribution in [1.82, 2.24) is 30.0 Å². The first-order chi connectivity index (χ1) is 15.2. The molecule has 2 aromatic heterocycles. The smallest absolute Gasteiger partial charge is 0.185 e. The standard InChI is InChI=1S/C24H27FN6O/c1-15-10-23(2)12-16(21(25)24(3,11-15)30-23)8-17-13-27-22(29-28-17)19-5-4-18(9-20(19)32)31-7-6-26-14-31/h4-9,13-15,21,30,32H,10-12H2,1-3H3/b16-8-/t15-,21-,23+,24-/m1/s1. The number of aromatic nitrogens is 5. The van der Waals surface area contributed by atoms with Crippen molar-refractivity contribution in [3.8, 4) is 22.8 Å². The molecule has 3 aromatic rings. The summed E-state index contributed by atoms with van der Waals surface area (Å²) in [5, 5.41) is 22.5. The van der Waals surface area contributed by atoms with E-state index >= 15 is 4.39 Å². The molecule has 4 heterocycles. The summed E-state index contributed by atoms with van der Waals surface area (Å²) in [5.74, 6) is 0.849. The zero-order chi connectivity index (χ0) is 22.5. The molecule has 2 aliphatic rings. The summed E-state index contributed by atoms with van der Waals surface area (Å²) in [5.41, 5.74) is 1.82. The van der Waals surface area contributed by atoms with E-state index in [0.29, 0.717) is 29.4 Å². The fourth-order valence-electron chi connectivity index (χ4n) is 5.66. The largest absolute Gasteiger partial charge is 0.507 e. The lowest BCUT2D eigenvalue weighted by Gasteiger charge is -2.55. The Balaban J connectivity index is 1.40. The number of phenols is 1. The van der Waals surface area contributed by atoms with E-state index in [1.807, 2.05) is 13.0 Å². The summed E-state index contributed by atoms with van der Waals surface area (Å²) in [4.78, 5) is 8.39. The summed E-state index contributed by atoms with van der Waals surface area (Å²) in [6, 6.07) is 5.22. The Morgan fingerprint density at radius 2 is 2.09 bits per heavy atom. The molecular formula is C24H27FN6O. The number of phenolic OH excluding ortho intramolecular Hbond substituents is 1. The van der Waals surface area contributed by atoms with Gasteiger partial charge in [-0.25, -0.2) is 14.4 Å². The van der Waals surface area contributed by atoms with Crippen LogP contribution in [0.1, 0.15) is 45.7 Å². The summed E-state index contributed by atoms with van der Waals surface area (Å²) >= 11 is 0. The van der Waals surface area contributed by atoms with E-state index in [-0.39, 0.29) is 11.3 Å². The Morgan fingerprint density at radius 3 is 2.78 bits per heavy atom. The molecule has 32 heavy (non-hydrogen) atoms. The lowest BCUT2D eigenvalue weighted by atomic mass is 9.65. The van der Waals surface area contributed by atoms with Crippen LogP contribution in [0.5, 0.6) is 5.75 Å². The van der Waals surface area contributed by atoms with Crippen molar-refractivity contribution in [3.05, 3.63) is 54.4 Å². The molecule has 0 amide bonds. The maximum Gasteiger partial charge on any atom is 0.185 e. The van der Waals surface area contributed by atoms with E-state index in [2.05, 4.69) is 39.3 Å². The quantitative estimate of drug-likeness (QED) is 0.645. The Labute approximate surface area is 186 Å². The summed E-state index contributed by atoms with van der Waals surface area (Å²) in [6.07, 6.45) is 9.85. The van der Waals surface area contributed by atoms with Crippen LogP contribution in [-0.4, -0.2) is 47.1 Å². The first kappa shape index (κ1) is 20.8. The third-order valence-corrected chi connectivity index (χ3v) is 6.58. The van der Waals surface area contributed by atoms with Gasteiger partial charge in [0, 0.05) is 24.0 Å². The molecular weight excluding hydrogens is 407 g/mol. The van der Waals surface area contributed by atoms with Crippen molar-refractivity contribution in [2.75, 3.05) is 0 Å². The number of halogens is 1. The second-order valence-electron chi connectivity index (χ2n) is 9.75. The maximum absolute atomic E-state index is 15.4. The van der Waals surface area contributed by atoms with Crippen LogP contribution in [0.25, 0.3) is 23.2 Å². The van der Waals surface area contributed by atoms with Gasteiger partial charge in [-0.3, -0.25) is 0 Å². The summed E-state index contributed by atoms with van der Waals surface area (Å²) < 4.78 is 17.2. The SMILES string of the molecule is C[C@@H]1C[C@@]2(C)C/C(=C/c3cnc(-c4ccc(-n5ccnc5)cc4O)nn3)[C@@H](F)[C@@](C)(C1)N2. The topological polar surface area (TPSA) is 88.8 Å². The predicted octanol–water partition coefficient (Wildman–Crippen LogP) is 4.09. The van der Waals surface area contributed by atoms with Crippen LogP contribution in [0.2, 0.25) is 0 Å². The molecule has 0 saturated carbocycles. The van der Waals surface area contributed by atoms with Crippen LogP contribution in [0.3, 0.4) is 0 Å². The number of nitrogens with zero attached hydrogens (tertiary/aromatic N) is 5. The van der Waals surface area contributed by atoms with Crippen LogP contribution in [0.4, 0.5) is 4.39 Å². The highest BCUT2D eigenvalue weighted by Gasteiger charge is 2.52. The van der Waals surface area contributed by atoms with Crippen molar-refractivity contribution in [2.45, 2.75) is 57.3 Å². The molecule has 2 bridgehead atoms. The molecule has 8 heteroatoms. The molecule has 5 rings (SSSR count). The van der Waals surface area contributed by atoms with Gasteiger partial charge in [-0.2, -0.15) is 0 Å². The van der Waals surface area contributed by atoms with Gasteiger partial charge in [-0.15, -0.1) is 10.2 Å². The number of fused-ring (bicyclic) bond motifs is 2. The number of benzene rings is 1. The molecule has 0 radical (unpaired) electrons. The van der Waals surface area contributed by atoms with Gasteiger partial charge in [0.2, 0.25) is 0 Å². The van der Waals surface area contributed by atoms with Gasteiger partial charge >= 0.3 is 0 Å². The molecule has 0 spiro atoms. The molecule has 2 fully saturated rings. The van der Waals surface area contributed by atoms with Gasteiger partial charge in [0.25, 0.3) is 0 Å². The fourth-order valence-corrected chi connectivity index (χ4v) is 5.66. The van der Waals surface area contributed by atoms with Gasteiger partial charge in [0.15, 0.2) is 5.82 Å². The van der Waals surface area contributed by atoms with Gasteiger partial charge in [0.1, 0.15) is 17.6 Å². The average molecular weight is 435 g/mol. The van der Waals surface area contributed by atoms with Crippen LogP contribution < -0.4 is 5.32 Å². The summed E-state index contributed by atoms with van der Waals surface area (Å²) in [6.45, 7) is 6.34. The molecule has 4 atom stereocenters. The highest BCUT2D eigenvalue weighted by molar-refractivity contribution is 5.66. The van der Waals surface area contributed by atoms with E-state index in [1.165, 1.54) is 0 Å². The minimum atomic E-state index is -1.08. The van der Waals surface area contributed by atoms with E-state index in [0.717, 1.165) is 24.1 Å². The monoisotopic (exact) mass is 434 g/mol. The first-order valence-corrected chi connectivity index (χ1v) is 10.9. The minimum Gasteiger partial charge on any atom is -0.507 e. The van der Waals surface area contributed by atoms with E-state index in [4.69, 9.17) is 0 Å². The Kier molecular flexibility index (Phi) is 4.85. The van der Waals surface area contributed by atoms with Crippen molar-refractivity contribution < 1.29 is 9.50 Å². The molecule has 166 valence electrons. The van der Waals surface area contributed by atoms with Gasteiger partial charge < -0.3 is 15.0 Å². The number of aromatic hydroxyl groups is 1. The second-order valence-corrected chi connectivity index (χ2v) is 9.75. The number of nitrogens with one attached hydrogen (secondary N) is 1. The average Bonchev–Trinajstić information content (AvgIpc) is 3.26. The van der Waals surface area contributed by atoms with Gasteiger partial charge in [0.05, 0.1) is 29.3 Å². The zero-order valence-electron chi connectivity index (χ0n) is 18.5. The lowest BCUT2D eigenvalue weighted by molar-refractivity contribution is 0.0299. The number of hydrogen-bond acceptors (Lipinski definition) is 6. The molecule has 0 aliphatic carbocycles. The van der Waals surface area contributed by atoms with Crippen LogP contribution in [0, 0.1) is 5.92 Å². The predicted molar refractivity (Wildman–Crippen MR) is 120 cm³/mol. The molecule has 1 aromatic carbocycles. The first-order valence-electron chi connectivity index (χ1n) is 10.9. The van der Waals surface area contributed by atoms with Crippen LogP contribution in [-0.2, 0) is 0 Å². The highest BCUT2D eigenvalue weighted by atomic mass is 19.1.